The summed E-state index contributed by atoms with van der Waals surface area (Å²) in [6.45, 7) is 7.97. The highest BCUT2D eigenvalue weighted by Gasteiger charge is 2.35. The maximum absolute atomic E-state index is 12.4. The predicted octanol–water partition coefficient (Wildman–Crippen LogP) is 3.18. The van der Waals surface area contributed by atoms with Gasteiger partial charge in [0.2, 0.25) is 0 Å². The van der Waals surface area contributed by atoms with Crippen molar-refractivity contribution in [1.82, 2.24) is 10.2 Å². The Labute approximate surface area is 108 Å². The molecule has 108 valence electrons. The smallest absolute Gasteiger partial charge is 0.310 e. The van der Waals surface area contributed by atoms with Crippen LogP contribution in [0.1, 0.15) is 46.5 Å². The fourth-order valence-corrected chi connectivity index (χ4v) is 2.62. The van der Waals surface area contributed by atoms with Crippen LogP contribution in [0.3, 0.4) is 0 Å². The molecule has 1 aliphatic heterocycles. The molecule has 18 heavy (non-hydrogen) atoms. The van der Waals surface area contributed by atoms with Gasteiger partial charge in [0, 0.05) is 24.7 Å². The standard InChI is InChI=1S/C13H25F3N2/c1-4-12(5-2)10-18(9-7-13(14,15)16)11(3)6-8-17-12/h11,17H,4-10H2,1-3H3. The van der Waals surface area contributed by atoms with Gasteiger partial charge in [-0.3, -0.25) is 4.90 Å². The fraction of sp³-hybridized carbons (Fsp3) is 1.00. The second-order valence-corrected chi connectivity index (χ2v) is 5.39. The number of rotatable bonds is 4. The van der Waals surface area contributed by atoms with E-state index in [2.05, 4.69) is 19.2 Å². The van der Waals surface area contributed by atoms with Gasteiger partial charge in [-0.1, -0.05) is 13.8 Å². The highest BCUT2D eigenvalue weighted by atomic mass is 19.4. The second-order valence-electron chi connectivity index (χ2n) is 5.39. The first-order valence-corrected chi connectivity index (χ1v) is 6.88. The number of nitrogens with zero attached hydrogens (tertiary/aromatic N) is 1. The minimum atomic E-state index is -4.06. The van der Waals surface area contributed by atoms with Gasteiger partial charge >= 0.3 is 6.18 Å². The van der Waals surface area contributed by atoms with Crippen molar-refractivity contribution < 1.29 is 13.2 Å². The molecule has 0 aliphatic carbocycles. The van der Waals surface area contributed by atoms with Gasteiger partial charge in [-0.2, -0.15) is 13.2 Å². The van der Waals surface area contributed by atoms with Gasteiger partial charge in [0.1, 0.15) is 0 Å². The quantitative estimate of drug-likeness (QED) is 0.840. The third kappa shape index (κ3) is 4.43. The minimum Gasteiger partial charge on any atom is -0.310 e. The zero-order valence-electron chi connectivity index (χ0n) is 11.6. The largest absolute Gasteiger partial charge is 0.390 e. The van der Waals surface area contributed by atoms with Crippen molar-refractivity contribution in [2.45, 2.75) is 64.2 Å². The van der Waals surface area contributed by atoms with Crippen molar-refractivity contribution in [2.75, 3.05) is 19.6 Å². The molecule has 1 N–H and O–H groups in total. The number of nitrogens with one attached hydrogen (secondary N) is 1. The molecule has 1 aliphatic rings. The highest BCUT2D eigenvalue weighted by molar-refractivity contribution is 4.93. The maximum atomic E-state index is 12.4. The molecule has 0 saturated carbocycles. The summed E-state index contributed by atoms with van der Waals surface area (Å²) in [5.41, 5.74) is -0.0175. The molecular weight excluding hydrogens is 241 g/mol. The molecule has 0 aromatic carbocycles. The molecule has 0 bridgehead atoms. The lowest BCUT2D eigenvalue weighted by Crippen LogP contribution is -2.51. The Morgan fingerprint density at radius 1 is 1.28 bits per heavy atom. The summed E-state index contributed by atoms with van der Waals surface area (Å²) in [6, 6.07) is 0.222. The second kappa shape index (κ2) is 6.24. The van der Waals surface area contributed by atoms with Crippen molar-refractivity contribution in [3.63, 3.8) is 0 Å². The molecule has 0 amide bonds. The Morgan fingerprint density at radius 3 is 2.39 bits per heavy atom. The summed E-state index contributed by atoms with van der Waals surface area (Å²) in [5.74, 6) is 0. The van der Waals surface area contributed by atoms with Crippen LogP contribution in [0.2, 0.25) is 0 Å². The van der Waals surface area contributed by atoms with Crippen LogP contribution in [0.4, 0.5) is 13.2 Å². The first kappa shape index (κ1) is 15.8. The zero-order chi connectivity index (χ0) is 13.8. The first-order chi connectivity index (χ1) is 8.32. The molecule has 1 saturated heterocycles. The molecule has 0 aromatic heterocycles. The summed E-state index contributed by atoms with van der Waals surface area (Å²) in [6.07, 6.45) is -1.93. The Balaban J connectivity index is 2.67. The third-order valence-corrected chi connectivity index (χ3v) is 4.23. The molecular formula is C13H25F3N2. The molecule has 1 fully saturated rings. The van der Waals surface area contributed by atoms with Crippen LogP contribution in [0.15, 0.2) is 0 Å². The van der Waals surface area contributed by atoms with Gasteiger partial charge in [-0.25, -0.2) is 0 Å². The lowest BCUT2D eigenvalue weighted by Gasteiger charge is -2.37. The number of hydrogen-bond donors (Lipinski definition) is 1. The monoisotopic (exact) mass is 266 g/mol. The van der Waals surface area contributed by atoms with E-state index in [1.54, 1.807) is 0 Å². The molecule has 1 atom stereocenters. The average Bonchev–Trinajstić information content (AvgIpc) is 2.46. The topological polar surface area (TPSA) is 15.3 Å². The van der Waals surface area contributed by atoms with Gasteiger partial charge in [-0.15, -0.1) is 0 Å². The minimum absolute atomic E-state index is 0.0175. The number of alkyl halides is 3. The van der Waals surface area contributed by atoms with Gasteiger partial charge < -0.3 is 5.32 Å². The van der Waals surface area contributed by atoms with Crippen LogP contribution in [-0.2, 0) is 0 Å². The van der Waals surface area contributed by atoms with Crippen LogP contribution in [0.5, 0.6) is 0 Å². The Morgan fingerprint density at radius 2 is 1.89 bits per heavy atom. The van der Waals surface area contributed by atoms with Crippen LogP contribution in [0.25, 0.3) is 0 Å². The van der Waals surface area contributed by atoms with E-state index in [4.69, 9.17) is 0 Å². The molecule has 1 heterocycles. The van der Waals surface area contributed by atoms with Gasteiger partial charge in [-0.05, 0) is 32.7 Å². The van der Waals surface area contributed by atoms with Gasteiger partial charge in [0.25, 0.3) is 0 Å². The molecule has 0 aromatic rings. The zero-order valence-corrected chi connectivity index (χ0v) is 11.6. The highest BCUT2D eigenvalue weighted by Crippen LogP contribution is 2.25. The average molecular weight is 266 g/mol. The lowest BCUT2D eigenvalue weighted by atomic mass is 9.92. The van der Waals surface area contributed by atoms with E-state index in [1.165, 1.54) is 0 Å². The predicted molar refractivity (Wildman–Crippen MR) is 67.6 cm³/mol. The summed E-state index contributed by atoms with van der Waals surface area (Å²) in [4.78, 5) is 2.00. The fourth-order valence-electron chi connectivity index (χ4n) is 2.62. The molecule has 2 nitrogen and oxygen atoms in total. The van der Waals surface area contributed by atoms with Crippen molar-refractivity contribution >= 4 is 0 Å². The van der Waals surface area contributed by atoms with Gasteiger partial charge in [0.15, 0.2) is 0 Å². The van der Waals surface area contributed by atoms with Gasteiger partial charge in [0.05, 0.1) is 6.42 Å². The summed E-state index contributed by atoms with van der Waals surface area (Å²) in [5, 5.41) is 3.53. The third-order valence-electron chi connectivity index (χ3n) is 4.23. The number of halogens is 3. The molecule has 0 spiro atoms. The molecule has 1 unspecified atom stereocenters. The van der Waals surface area contributed by atoms with Crippen molar-refractivity contribution in [3.05, 3.63) is 0 Å². The van der Waals surface area contributed by atoms with Crippen LogP contribution < -0.4 is 5.32 Å². The van der Waals surface area contributed by atoms with E-state index in [0.717, 1.165) is 32.4 Å². The number of hydrogen-bond acceptors (Lipinski definition) is 2. The maximum Gasteiger partial charge on any atom is 0.390 e. The summed E-state index contributed by atoms with van der Waals surface area (Å²) in [7, 11) is 0. The Kier molecular flexibility index (Phi) is 5.46. The van der Waals surface area contributed by atoms with E-state index in [9.17, 15) is 13.2 Å². The Hall–Kier alpha value is -0.290. The summed E-state index contributed by atoms with van der Waals surface area (Å²) < 4.78 is 37.1. The first-order valence-electron chi connectivity index (χ1n) is 6.88. The lowest BCUT2D eigenvalue weighted by molar-refractivity contribution is -0.139. The van der Waals surface area contributed by atoms with E-state index < -0.39 is 12.6 Å². The van der Waals surface area contributed by atoms with E-state index in [0.29, 0.717) is 0 Å². The molecule has 5 heteroatoms. The normalized spacial score (nSPS) is 26.0. The SMILES string of the molecule is CCC1(CC)CN(CCC(F)(F)F)C(C)CCN1. The Bertz CT molecular complexity index is 249. The van der Waals surface area contributed by atoms with E-state index in [-0.39, 0.29) is 18.1 Å². The van der Waals surface area contributed by atoms with Crippen LogP contribution >= 0.6 is 0 Å². The van der Waals surface area contributed by atoms with Crippen LogP contribution in [-0.4, -0.2) is 42.3 Å². The summed E-state index contributed by atoms with van der Waals surface area (Å²) >= 11 is 0. The molecule has 0 radical (unpaired) electrons. The van der Waals surface area contributed by atoms with Crippen molar-refractivity contribution in [1.29, 1.82) is 0 Å². The molecule has 1 rings (SSSR count). The van der Waals surface area contributed by atoms with Crippen molar-refractivity contribution in [2.24, 2.45) is 0 Å². The van der Waals surface area contributed by atoms with E-state index >= 15 is 0 Å². The van der Waals surface area contributed by atoms with Crippen molar-refractivity contribution in [3.8, 4) is 0 Å². The van der Waals surface area contributed by atoms with E-state index in [1.807, 2.05) is 11.8 Å². The van der Waals surface area contributed by atoms with Crippen LogP contribution in [0, 0.1) is 0 Å².